The Bertz CT molecular complexity index is 932. The Kier molecular flexibility index (Phi) is 5.20. The normalized spacial score (nSPS) is 51.6. The molecule has 4 fully saturated rings. The molecule has 0 radical (unpaired) electrons. The summed E-state index contributed by atoms with van der Waals surface area (Å²) in [5, 5.41) is 32.4. The third-order valence-electron chi connectivity index (χ3n) is 12.9. The lowest BCUT2D eigenvalue weighted by molar-refractivity contribution is -0.233. The molecule has 192 valence electrons. The molecular formula is C30H48O4. The van der Waals surface area contributed by atoms with Gasteiger partial charge < -0.3 is 15.3 Å². The van der Waals surface area contributed by atoms with Gasteiger partial charge in [-0.15, -0.1) is 0 Å². The van der Waals surface area contributed by atoms with Gasteiger partial charge in [0.15, 0.2) is 0 Å². The van der Waals surface area contributed by atoms with Crippen LogP contribution < -0.4 is 0 Å². The van der Waals surface area contributed by atoms with Crippen LogP contribution in [0.15, 0.2) is 11.1 Å². The van der Waals surface area contributed by atoms with Crippen molar-refractivity contribution in [3.63, 3.8) is 0 Å². The van der Waals surface area contributed by atoms with Crippen LogP contribution in [0.1, 0.15) is 113 Å². The van der Waals surface area contributed by atoms with Gasteiger partial charge in [0.05, 0.1) is 17.6 Å². The van der Waals surface area contributed by atoms with E-state index < -0.39 is 23.6 Å². The van der Waals surface area contributed by atoms with Gasteiger partial charge in [0.1, 0.15) is 0 Å². The highest BCUT2D eigenvalue weighted by Gasteiger charge is 2.69. The highest BCUT2D eigenvalue weighted by Crippen LogP contribution is 2.75. The smallest absolute Gasteiger partial charge is 0.313 e. The van der Waals surface area contributed by atoms with Gasteiger partial charge in [0.25, 0.3) is 0 Å². The minimum Gasteiger partial charge on any atom is -0.481 e. The number of carboxylic acid groups (broad SMARTS) is 1. The zero-order chi connectivity index (χ0) is 25.1. The molecule has 0 aromatic carbocycles. The predicted octanol–water partition coefficient (Wildman–Crippen LogP) is 6.35. The monoisotopic (exact) mass is 472 g/mol. The molecule has 4 heteroatoms. The predicted molar refractivity (Wildman–Crippen MR) is 134 cm³/mol. The van der Waals surface area contributed by atoms with Crippen molar-refractivity contribution in [2.75, 3.05) is 0 Å². The maximum atomic E-state index is 12.8. The SMILES string of the molecule is CC1(C)CC[C@]2(C(=O)O)CC[C@]3(C)C(=C2C1)CCC1[C@@]2(C)C[C@@H](O)[C@@H](O)C(C)(C)C2CC[C@]13C. The van der Waals surface area contributed by atoms with Crippen LogP contribution in [0.25, 0.3) is 0 Å². The van der Waals surface area contributed by atoms with Gasteiger partial charge in [0, 0.05) is 0 Å². The maximum absolute atomic E-state index is 12.8. The summed E-state index contributed by atoms with van der Waals surface area (Å²) in [6.07, 6.45) is 8.03. The van der Waals surface area contributed by atoms with Crippen molar-refractivity contribution in [1.82, 2.24) is 0 Å². The Labute approximate surface area is 206 Å². The minimum atomic E-state index is -0.670. The fraction of sp³-hybridized carbons (Fsp3) is 0.900. The molecule has 5 rings (SSSR count). The molecule has 0 amide bonds. The van der Waals surface area contributed by atoms with Gasteiger partial charge in [-0.05, 0) is 103 Å². The largest absolute Gasteiger partial charge is 0.481 e. The van der Waals surface area contributed by atoms with E-state index in [0.29, 0.717) is 18.3 Å². The summed E-state index contributed by atoms with van der Waals surface area (Å²) < 4.78 is 0. The lowest BCUT2D eigenvalue weighted by atomic mass is 9.34. The molecular weight excluding hydrogens is 424 g/mol. The Balaban J connectivity index is 1.63. The highest BCUT2D eigenvalue weighted by molar-refractivity contribution is 5.80. The molecule has 0 saturated heterocycles. The van der Waals surface area contributed by atoms with Crippen LogP contribution in [-0.4, -0.2) is 33.5 Å². The first-order chi connectivity index (χ1) is 15.6. The Morgan fingerprint density at radius 1 is 0.824 bits per heavy atom. The summed E-state index contributed by atoms with van der Waals surface area (Å²) in [5.74, 6) is 0.273. The van der Waals surface area contributed by atoms with E-state index in [1.54, 1.807) is 0 Å². The first-order valence-corrected chi connectivity index (χ1v) is 13.9. The number of rotatable bonds is 1. The average Bonchev–Trinajstić information content (AvgIpc) is 2.72. The number of aliphatic hydroxyl groups is 2. The third kappa shape index (κ3) is 2.88. The summed E-state index contributed by atoms with van der Waals surface area (Å²) >= 11 is 0. The Hall–Kier alpha value is -0.870. The van der Waals surface area contributed by atoms with Crippen LogP contribution in [0.2, 0.25) is 0 Å². The van der Waals surface area contributed by atoms with Gasteiger partial charge in [0.2, 0.25) is 0 Å². The fourth-order valence-corrected chi connectivity index (χ4v) is 10.7. The lowest BCUT2D eigenvalue weighted by Gasteiger charge is -2.71. The van der Waals surface area contributed by atoms with Gasteiger partial charge in [-0.2, -0.15) is 0 Å². The van der Waals surface area contributed by atoms with Crippen molar-refractivity contribution >= 4 is 5.97 Å². The molecule has 0 spiro atoms. The zero-order valence-electron chi connectivity index (χ0n) is 22.6. The summed E-state index contributed by atoms with van der Waals surface area (Å²) in [5.41, 5.74) is 2.07. The second kappa shape index (κ2) is 7.12. The second-order valence-corrected chi connectivity index (χ2v) is 15.2. The standard InChI is InChI=1S/C30H48O4/c1-25(2)12-14-30(24(33)34)15-13-28(6)18(19(30)16-25)8-9-22-27(5)17-20(31)23(32)26(3,4)21(27)10-11-29(22,28)7/h20-23,31-32H,8-17H2,1-7H3,(H,33,34)/t20-,21?,22?,23-,27+,28-,29-,30+/m1/s1. The van der Waals surface area contributed by atoms with Gasteiger partial charge in [-0.25, -0.2) is 0 Å². The lowest BCUT2D eigenvalue weighted by Crippen LogP contribution is -2.66. The summed E-state index contributed by atoms with van der Waals surface area (Å²) in [4.78, 5) is 12.8. The molecule has 8 atom stereocenters. The molecule has 3 N–H and O–H groups in total. The van der Waals surface area contributed by atoms with Crippen LogP contribution in [0.3, 0.4) is 0 Å². The van der Waals surface area contributed by atoms with Crippen molar-refractivity contribution in [2.24, 2.45) is 44.3 Å². The van der Waals surface area contributed by atoms with E-state index in [4.69, 9.17) is 0 Å². The van der Waals surface area contributed by atoms with E-state index in [-0.39, 0.29) is 27.1 Å². The highest BCUT2D eigenvalue weighted by atomic mass is 16.4. The Morgan fingerprint density at radius 2 is 1.47 bits per heavy atom. The molecule has 2 unspecified atom stereocenters. The molecule has 4 nitrogen and oxygen atoms in total. The van der Waals surface area contributed by atoms with Crippen LogP contribution in [-0.2, 0) is 4.79 Å². The number of carbonyl (C=O) groups is 1. The van der Waals surface area contributed by atoms with E-state index in [1.165, 1.54) is 11.1 Å². The van der Waals surface area contributed by atoms with E-state index >= 15 is 0 Å². The van der Waals surface area contributed by atoms with Crippen LogP contribution in [0.5, 0.6) is 0 Å². The molecule has 4 saturated carbocycles. The van der Waals surface area contributed by atoms with E-state index in [2.05, 4.69) is 48.5 Å². The second-order valence-electron chi connectivity index (χ2n) is 15.2. The van der Waals surface area contributed by atoms with Crippen molar-refractivity contribution < 1.29 is 20.1 Å². The number of hydrogen-bond donors (Lipinski definition) is 3. The van der Waals surface area contributed by atoms with Crippen molar-refractivity contribution in [2.45, 2.75) is 125 Å². The van der Waals surface area contributed by atoms with Crippen molar-refractivity contribution in [1.29, 1.82) is 0 Å². The van der Waals surface area contributed by atoms with Crippen LogP contribution >= 0.6 is 0 Å². The number of allylic oxidation sites excluding steroid dienone is 1. The average molecular weight is 473 g/mol. The van der Waals surface area contributed by atoms with Crippen LogP contribution in [0.4, 0.5) is 0 Å². The number of carboxylic acids is 1. The zero-order valence-corrected chi connectivity index (χ0v) is 22.6. The van der Waals surface area contributed by atoms with Gasteiger partial charge >= 0.3 is 5.97 Å². The Morgan fingerprint density at radius 3 is 2.12 bits per heavy atom. The van der Waals surface area contributed by atoms with Crippen molar-refractivity contribution in [3.05, 3.63) is 11.1 Å². The number of aliphatic carboxylic acids is 1. The fourth-order valence-electron chi connectivity index (χ4n) is 10.7. The molecule has 0 bridgehead atoms. The van der Waals surface area contributed by atoms with Gasteiger partial charge in [-0.3, -0.25) is 4.79 Å². The molecule has 5 aliphatic rings. The molecule has 5 aliphatic carbocycles. The molecule has 0 aromatic rings. The topological polar surface area (TPSA) is 77.8 Å². The van der Waals surface area contributed by atoms with Gasteiger partial charge in [-0.1, -0.05) is 59.6 Å². The van der Waals surface area contributed by atoms with E-state index in [0.717, 1.165) is 57.8 Å². The first kappa shape index (κ1) is 24.8. The quantitative estimate of drug-likeness (QED) is 0.389. The molecule has 0 heterocycles. The first-order valence-electron chi connectivity index (χ1n) is 13.9. The molecule has 0 aliphatic heterocycles. The summed E-state index contributed by atoms with van der Waals surface area (Å²) in [6, 6.07) is 0. The van der Waals surface area contributed by atoms with Crippen LogP contribution in [0, 0.1) is 44.3 Å². The summed E-state index contributed by atoms with van der Waals surface area (Å²) in [6.45, 7) is 16.3. The van der Waals surface area contributed by atoms with E-state index in [1.807, 2.05) is 0 Å². The number of fused-ring (bicyclic) bond motifs is 6. The third-order valence-corrected chi connectivity index (χ3v) is 12.9. The summed E-state index contributed by atoms with van der Waals surface area (Å²) in [7, 11) is 0. The molecule has 34 heavy (non-hydrogen) atoms. The number of aliphatic hydroxyl groups excluding tert-OH is 2. The maximum Gasteiger partial charge on any atom is 0.313 e. The van der Waals surface area contributed by atoms with E-state index in [9.17, 15) is 20.1 Å². The van der Waals surface area contributed by atoms with Crippen molar-refractivity contribution in [3.8, 4) is 0 Å². The molecule has 0 aromatic heterocycles. The number of hydrogen-bond acceptors (Lipinski definition) is 3. The minimum absolute atomic E-state index is 0.0107.